The van der Waals surface area contributed by atoms with Crippen LogP contribution in [0.25, 0.3) is 0 Å². The predicted octanol–water partition coefficient (Wildman–Crippen LogP) is -5.52. The number of carbonyl (C=O) groups is 10. The standard InChI is InChI=1S/C49H77N13O14/c1-24(2)20-35-45(71)56-31(12-16-50)41(67)55-33(14-18-52)44(70)62-38(26(4)64)48(74)53-19-15-34(43(69)54-32(13-17-51)42(68)59-36(46(72)58-35)22-29-10-8-7-9-11-29)57-47(73)37(23-63)60-49(75)39(27(5)65)61-40(66)30-21-25(3)76-28(30)6/h7-11,21,24,26-27,31-39,63-65H,12-20,22-23,50-52H2,1-6H3,(H,53,74)(H,54,69)(H,55,67)(H,56,71)(H,57,73)(H,58,72)(H,59,68)(H,60,75)(H,61,66)(H,62,70)/t26-,27-,31+,32+,33+,34+,35+,36-,37-,38+,39+/m1/s1. The maximum Gasteiger partial charge on any atom is 0.255 e. The van der Waals surface area contributed by atoms with Crippen molar-refractivity contribution in [3.05, 3.63) is 59.0 Å². The number of carbonyl (C=O) groups excluding carboxylic acids is 10. The summed E-state index contributed by atoms with van der Waals surface area (Å²) in [6.45, 7) is 7.02. The first-order valence-corrected chi connectivity index (χ1v) is 25.1. The van der Waals surface area contributed by atoms with Crippen molar-refractivity contribution in [3.63, 3.8) is 0 Å². The van der Waals surface area contributed by atoms with Gasteiger partial charge in [-0.2, -0.15) is 0 Å². The first-order valence-electron chi connectivity index (χ1n) is 25.1. The van der Waals surface area contributed by atoms with Gasteiger partial charge in [0.2, 0.25) is 53.2 Å². The SMILES string of the molecule is Cc1cc(C(=O)N[C@H](C(=O)N[C@H](CO)C(=O)N[C@H]2CCNC(=O)[C@H]([C@@H](C)O)NC(=O)[C@H](CCN)NC(=O)[C@H](CCN)NC(=O)[C@H](CC(C)C)NC(=O)[C@@H](Cc3ccccc3)NC(=O)[C@H](CCN)NC2=O)[C@@H](C)O)c(C)o1. The second-order valence-electron chi connectivity index (χ2n) is 19.0. The van der Waals surface area contributed by atoms with Gasteiger partial charge >= 0.3 is 0 Å². The van der Waals surface area contributed by atoms with Crippen LogP contribution in [0.5, 0.6) is 0 Å². The monoisotopic (exact) mass is 1070 g/mol. The summed E-state index contributed by atoms with van der Waals surface area (Å²) in [5.41, 5.74) is 18.2. The molecule has 1 aliphatic heterocycles. The molecule has 10 amide bonds. The molecule has 0 aliphatic carbocycles. The van der Waals surface area contributed by atoms with Crippen LogP contribution in [0.2, 0.25) is 0 Å². The van der Waals surface area contributed by atoms with E-state index in [1.165, 1.54) is 26.8 Å². The molecule has 1 aliphatic rings. The van der Waals surface area contributed by atoms with E-state index in [-0.39, 0.29) is 69.0 Å². The molecule has 1 saturated heterocycles. The number of aliphatic hydroxyl groups excluding tert-OH is 3. The molecule has 0 spiro atoms. The van der Waals surface area contributed by atoms with Crippen LogP contribution in [0.3, 0.4) is 0 Å². The molecular weight excluding hydrogens is 995 g/mol. The van der Waals surface area contributed by atoms with Gasteiger partial charge < -0.3 is 90.1 Å². The first-order chi connectivity index (χ1) is 35.9. The van der Waals surface area contributed by atoms with Crippen LogP contribution in [0.1, 0.15) is 87.2 Å². The molecule has 27 heteroatoms. The molecular formula is C49H77N13O14. The lowest BCUT2D eigenvalue weighted by atomic mass is 10.00. The second-order valence-corrected chi connectivity index (χ2v) is 19.0. The average Bonchev–Trinajstić information content (AvgIpc) is 3.71. The Bertz CT molecular complexity index is 2310. The molecule has 27 nitrogen and oxygen atoms in total. The van der Waals surface area contributed by atoms with Crippen molar-refractivity contribution in [2.75, 3.05) is 32.8 Å². The van der Waals surface area contributed by atoms with Crippen molar-refractivity contribution in [1.29, 1.82) is 0 Å². The van der Waals surface area contributed by atoms with Gasteiger partial charge in [0.1, 0.15) is 65.9 Å². The zero-order chi connectivity index (χ0) is 56.8. The van der Waals surface area contributed by atoms with E-state index in [2.05, 4.69) is 53.2 Å². The van der Waals surface area contributed by atoms with Gasteiger partial charge in [-0.15, -0.1) is 0 Å². The van der Waals surface area contributed by atoms with E-state index < -0.39 is 145 Å². The van der Waals surface area contributed by atoms with Crippen molar-refractivity contribution in [2.45, 2.75) is 147 Å². The van der Waals surface area contributed by atoms with E-state index >= 15 is 0 Å². The lowest BCUT2D eigenvalue weighted by molar-refractivity contribution is -0.136. The minimum atomic E-state index is -1.84. The van der Waals surface area contributed by atoms with E-state index in [0.717, 1.165) is 0 Å². The molecule has 0 saturated carbocycles. The highest BCUT2D eigenvalue weighted by atomic mass is 16.3. The Morgan fingerprint density at radius 2 is 1.17 bits per heavy atom. The summed E-state index contributed by atoms with van der Waals surface area (Å²) in [6.07, 6.45) is -4.21. The lowest BCUT2D eigenvalue weighted by Crippen LogP contribution is -2.61. The van der Waals surface area contributed by atoms with Crippen LogP contribution in [-0.4, -0.2) is 174 Å². The van der Waals surface area contributed by atoms with E-state index in [1.54, 1.807) is 51.1 Å². The highest BCUT2D eigenvalue weighted by Crippen LogP contribution is 2.15. The van der Waals surface area contributed by atoms with Crippen LogP contribution in [-0.2, 0) is 49.6 Å². The quantitative estimate of drug-likeness (QED) is 0.0624. The van der Waals surface area contributed by atoms with E-state index in [0.29, 0.717) is 11.3 Å². The fraction of sp³-hybridized carbons (Fsp3) is 0.592. The molecule has 1 fully saturated rings. The Labute approximate surface area is 440 Å². The Hall–Kier alpha value is -7.04. The maximum absolute atomic E-state index is 14.3. The molecule has 1 aromatic carbocycles. The third-order valence-electron chi connectivity index (χ3n) is 12.1. The molecule has 2 heterocycles. The molecule has 0 unspecified atom stereocenters. The van der Waals surface area contributed by atoms with E-state index in [4.69, 9.17) is 21.6 Å². The predicted molar refractivity (Wildman–Crippen MR) is 274 cm³/mol. The topological polar surface area (TPSA) is 443 Å². The van der Waals surface area contributed by atoms with Gasteiger partial charge in [0.25, 0.3) is 5.91 Å². The number of aryl methyl sites for hydroxylation is 2. The fourth-order valence-electron chi connectivity index (χ4n) is 8.02. The number of nitrogens with one attached hydrogen (secondary N) is 10. The van der Waals surface area contributed by atoms with E-state index in [1.807, 2.05) is 0 Å². The third-order valence-corrected chi connectivity index (χ3v) is 12.1. The maximum atomic E-state index is 14.3. The van der Waals surface area contributed by atoms with Gasteiger partial charge in [0.05, 0.1) is 24.4 Å². The zero-order valence-corrected chi connectivity index (χ0v) is 43.7. The minimum absolute atomic E-state index is 0.0462. The Kier molecular flexibility index (Phi) is 25.9. The van der Waals surface area contributed by atoms with Gasteiger partial charge in [-0.25, -0.2) is 0 Å². The molecule has 422 valence electrons. The first kappa shape index (κ1) is 63.3. The summed E-state index contributed by atoms with van der Waals surface area (Å²) in [5.74, 6) is -9.16. The highest BCUT2D eigenvalue weighted by molar-refractivity contribution is 6.01. The van der Waals surface area contributed by atoms with Crippen molar-refractivity contribution in [3.8, 4) is 0 Å². The summed E-state index contributed by atoms with van der Waals surface area (Å²) in [6, 6.07) is -3.96. The summed E-state index contributed by atoms with van der Waals surface area (Å²) < 4.78 is 5.38. The second kappa shape index (κ2) is 31.1. The molecule has 19 N–H and O–H groups in total. The molecule has 1 aromatic heterocycles. The Morgan fingerprint density at radius 3 is 1.66 bits per heavy atom. The highest BCUT2D eigenvalue weighted by Gasteiger charge is 2.37. The number of nitrogens with two attached hydrogens (primary N) is 3. The summed E-state index contributed by atoms with van der Waals surface area (Å²) in [5, 5.41) is 56.4. The van der Waals surface area contributed by atoms with Gasteiger partial charge in [-0.3, -0.25) is 47.9 Å². The van der Waals surface area contributed by atoms with Gasteiger partial charge in [-0.1, -0.05) is 44.2 Å². The molecule has 11 atom stereocenters. The molecule has 76 heavy (non-hydrogen) atoms. The van der Waals surface area contributed by atoms with Gasteiger partial charge in [0, 0.05) is 13.0 Å². The lowest BCUT2D eigenvalue weighted by Gasteiger charge is -2.28. The largest absolute Gasteiger partial charge is 0.466 e. The summed E-state index contributed by atoms with van der Waals surface area (Å²) in [7, 11) is 0. The molecule has 0 radical (unpaired) electrons. The normalized spacial score (nSPS) is 23.4. The van der Waals surface area contributed by atoms with E-state index in [9.17, 15) is 63.3 Å². The van der Waals surface area contributed by atoms with Crippen molar-refractivity contribution < 1.29 is 67.7 Å². The van der Waals surface area contributed by atoms with Crippen LogP contribution < -0.4 is 70.4 Å². The number of hydrogen-bond donors (Lipinski definition) is 16. The van der Waals surface area contributed by atoms with Crippen LogP contribution in [0.4, 0.5) is 0 Å². The number of hydrogen-bond acceptors (Lipinski definition) is 17. The van der Waals surface area contributed by atoms with Crippen LogP contribution in [0, 0.1) is 19.8 Å². The van der Waals surface area contributed by atoms with Crippen molar-refractivity contribution >= 4 is 59.1 Å². The smallest absolute Gasteiger partial charge is 0.255 e. The molecule has 0 bridgehead atoms. The number of furan rings is 1. The van der Waals surface area contributed by atoms with Crippen molar-refractivity contribution in [2.24, 2.45) is 23.1 Å². The Morgan fingerprint density at radius 1 is 0.671 bits per heavy atom. The zero-order valence-electron chi connectivity index (χ0n) is 43.7. The summed E-state index contributed by atoms with van der Waals surface area (Å²) >= 11 is 0. The minimum Gasteiger partial charge on any atom is -0.466 e. The van der Waals surface area contributed by atoms with Crippen LogP contribution in [0.15, 0.2) is 40.8 Å². The third kappa shape index (κ3) is 19.6. The number of amides is 10. The molecule has 2 aromatic rings. The number of rotatable bonds is 19. The number of benzene rings is 1. The van der Waals surface area contributed by atoms with Gasteiger partial charge in [-0.05, 0) is 97.0 Å². The molecule has 3 rings (SSSR count). The van der Waals surface area contributed by atoms with Crippen molar-refractivity contribution in [1.82, 2.24) is 53.2 Å². The van der Waals surface area contributed by atoms with Crippen LogP contribution >= 0.6 is 0 Å². The number of aliphatic hydroxyl groups is 3. The summed E-state index contributed by atoms with van der Waals surface area (Å²) in [4.78, 5) is 139. The van der Waals surface area contributed by atoms with Gasteiger partial charge in [0.15, 0.2) is 0 Å². The fourth-order valence-corrected chi connectivity index (χ4v) is 8.02. The Balaban J connectivity index is 2.10. The average molecular weight is 1070 g/mol.